The van der Waals surface area contributed by atoms with Crippen molar-refractivity contribution in [3.8, 4) is 16.6 Å². The highest BCUT2D eigenvalue weighted by atomic mass is 32.1. The lowest BCUT2D eigenvalue weighted by molar-refractivity contribution is -0.119. The van der Waals surface area contributed by atoms with Crippen molar-refractivity contribution in [2.75, 3.05) is 13.2 Å². The van der Waals surface area contributed by atoms with Crippen molar-refractivity contribution in [3.05, 3.63) is 47.6 Å². The number of allylic oxidation sites excluding steroid dienone is 1. The fraction of sp³-hybridized carbons (Fsp3) is 0.364. The van der Waals surface area contributed by atoms with Crippen molar-refractivity contribution in [1.82, 2.24) is 10.3 Å². The first-order valence-electron chi connectivity index (χ1n) is 10.0. The Kier molecular flexibility index (Phi) is 7.77. The van der Waals surface area contributed by atoms with Gasteiger partial charge in [0.1, 0.15) is 23.1 Å². The Balaban J connectivity index is 1.47. The zero-order chi connectivity index (χ0) is 22.2. The van der Waals surface area contributed by atoms with Gasteiger partial charge in [-0.25, -0.2) is 4.98 Å². The number of carbonyl (C=O) groups is 1. The Morgan fingerprint density at radius 1 is 1.29 bits per heavy atom. The lowest BCUT2D eigenvalue weighted by Gasteiger charge is -2.11. The predicted octanol–water partition coefficient (Wildman–Crippen LogP) is 3.82. The van der Waals surface area contributed by atoms with Gasteiger partial charge >= 0.3 is 0 Å². The summed E-state index contributed by atoms with van der Waals surface area (Å²) in [6.07, 6.45) is 6.85. The lowest BCUT2D eigenvalue weighted by atomic mass is 10.3. The Morgan fingerprint density at radius 2 is 2.06 bits per heavy atom. The maximum atomic E-state index is 11.0. The molecule has 1 amide bonds. The van der Waals surface area contributed by atoms with E-state index in [1.165, 1.54) is 49.5 Å². The minimum atomic E-state index is -0.127. The Hall–Kier alpha value is -3.20. The van der Waals surface area contributed by atoms with Gasteiger partial charge in [-0.3, -0.25) is 15.6 Å². The molecule has 3 rings (SSSR count). The van der Waals surface area contributed by atoms with Gasteiger partial charge < -0.3 is 19.5 Å². The van der Waals surface area contributed by atoms with Crippen LogP contribution in [0.2, 0.25) is 0 Å². The summed E-state index contributed by atoms with van der Waals surface area (Å²) in [6.45, 7) is 4.32. The van der Waals surface area contributed by atoms with E-state index in [0.717, 1.165) is 5.75 Å². The summed E-state index contributed by atoms with van der Waals surface area (Å²) in [5, 5.41) is 19.9. The molecule has 9 heteroatoms. The molecule has 0 unspecified atom stereocenters. The molecule has 3 N–H and O–H groups in total. The molecule has 1 aliphatic carbocycles. The standard InChI is InChI=1S/C22H26N4O4S/c1-14(26-15(2)27)12-29-21-11-25-22(31-21)19(23)8-9-20(24)30-18-5-3-4-17(10-18)28-13-16-6-7-16/h3-5,8-11,14,16,23-24H,6-7,12-13H2,1-2H3,(H,26,27)/b9-8-,23-19?,24-20?/t14-/m0/s1. The van der Waals surface area contributed by atoms with E-state index in [2.05, 4.69) is 10.3 Å². The second kappa shape index (κ2) is 10.7. The fourth-order valence-corrected chi connectivity index (χ4v) is 3.27. The van der Waals surface area contributed by atoms with Gasteiger partial charge in [0.05, 0.1) is 24.6 Å². The minimum absolute atomic E-state index is 0.0961. The Labute approximate surface area is 185 Å². The van der Waals surface area contributed by atoms with E-state index in [1.54, 1.807) is 12.1 Å². The van der Waals surface area contributed by atoms with E-state index < -0.39 is 0 Å². The third-order valence-electron chi connectivity index (χ3n) is 4.26. The maximum absolute atomic E-state index is 11.0. The monoisotopic (exact) mass is 442 g/mol. The van der Waals surface area contributed by atoms with Crippen LogP contribution in [0.3, 0.4) is 0 Å². The third kappa shape index (κ3) is 7.86. The van der Waals surface area contributed by atoms with Crippen LogP contribution in [0.5, 0.6) is 16.6 Å². The number of hydrogen-bond acceptors (Lipinski definition) is 8. The number of benzene rings is 1. The summed E-state index contributed by atoms with van der Waals surface area (Å²) < 4.78 is 16.8. The molecular formula is C22H26N4O4S. The smallest absolute Gasteiger partial charge is 0.217 e. The van der Waals surface area contributed by atoms with E-state index in [1.807, 2.05) is 19.1 Å². The van der Waals surface area contributed by atoms with Crippen LogP contribution >= 0.6 is 11.3 Å². The number of carbonyl (C=O) groups excluding carboxylic acids is 1. The van der Waals surface area contributed by atoms with E-state index in [4.69, 9.17) is 25.0 Å². The number of rotatable bonds is 11. The van der Waals surface area contributed by atoms with Crippen LogP contribution in [0.1, 0.15) is 31.7 Å². The summed E-state index contributed by atoms with van der Waals surface area (Å²) in [4.78, 5) is 15.2. The topological polar surface area (TPSA) is 117 Å². The SMILES string of the molecule is CC(=O)N[C@@H](C)COc1cnc(C(=N)/C=C\C(=N)Oc2cccc(OCC3CC3)c2)s1. The van der Waals surface area contributed by atoms with Crippen molar-refractivity contribution in [2.45, 2.75) is 32.7 Å². The molecule has 1 heterocycles. The molecule has 164 valence electrons. The van der Waals surface area contributed by atoms with Crippen LogP contribution in [0.15, 0.2) is 42.6 Å². The maximum Gasteiger partial charge on any atom is 0.217 e. The highest BCUT2D eigenvalue weighted by Crippen LogP contribution is 2.30. The summed E-state index contributed by atoms with van der Waals surface area (Å²) >= 11 is 1.22. The predicted molar refractivity (Wildman–Crippen MR) is 120 cm³/mol. The molecule has 1 aromatic heterocycles. The van der Waals surface area contributed by atoms with Gasteiger partial charge in [-0.1, -0.05) is 17.4 Å². The molecule has 1 atom stereocenters. The second-order valence-electron chi connectivity index (χ2n) is 7.34. The molecule has 8 nitrogen and oxygen atoms in total. The molecule has 2 aromatic rings. The summed E-state index contributed by atoms with van der Waals surface area (Å²) in [7, 11) is 0. The number of aromatic nitrogens is 1. The van der Waals surface area contributed by atoms with Crippen molar-refractivity contribution >= 4 is 28.9 Å². The van der Waals surface area contributed by atoms with Gasteiger partial charge in [0.15, 0.2) is 5.06 Å². The normalized spacial score (nSPS) is 14.1. The van der Waals surface area contributed by atoms with E-state index in [9.17, 15) is 4.79 Å². The Bertz CT molecular complexity index is 968. The molecule has 1 aliphatic rings. The number of nitrogens with one attached hydrogen (secondary N) is 3. The van der Waals surface area contributed by atoms with Crippen LogP contribution in [-0.4, -0.2) is 41.8 Å². The van der Waals surface area contributed by atoms with Crippen LogP contribution in [0.4, 0.5) is 0 Å². The van der Waals surface area contributed by atoms with E-state index in [0.29, 0.717) is 35.0 Å². The average Bonchev–Trinajstić information content (AvgIpc) is 3.44. The summed E-state index contributed by atoms with van der Waals surface area (Å²) in [6, 6.07) is 7.06. The number of hydrogen-bond donors (Lipinski definition) is 3. The number of thiazole rings is 1. The molecule has 0 aliphatic heterocycles. The zero-order valence-electron chi connectivity index (χ0n) is 17.5. The number of ether oxygens (including phenoxy) is 3. The van der Waals surface area contributed by atoms with Crippen LogP contribution in [0.25, 0.3) is 0 Å². The first kappa shape index (κ1) is 22.5. The molecule has 1 aromatic carbocycles. The van der Waals surface area contributed by atoms with Gasteiger partial charge in [0.25, 0.3) is 0 Å². The van der Waals surface area contributed by atoms with Crippen molar-refractivity contribution in [3.63, 3.8) is 0 Å². The summed E-state index contributed by atoms with van der Waals surface area (Å²) in [5.74, 6) is 1.68. The van der Waals surface area contributed by atoms with Crippen molar-refractivity contribution in [2.24, 2.45) is 5.92 Å². The van der Waals surface area contributed by atoms with Crippen molar-refractivity contribution < 1.29 is 19.0 Å². The van der Waals surface area contributed by atoms with Crippen molar-refractivity contribution in [1.29, 1.82) is 10.8 Å². The van der Waals surface area contributed by atoms with Gasteiger partial charge in [-0.2, -0.15) is 0 Å². The van der Waals surface area contributed by atoms with Gasteiger partial charge in [-0.15, -0.1) is 0 Å². The minimum Gasteiger partial charge on any atom is -0.493 e. The van der Waals surface area contributed by atoms with Gasteiger partial charge in [0.2, 0.25) is 11.8 Å². The molecule has 0 spiro atoms. The van der Waals surface area contributed by atoms with Crippen LogP contribution < -0.4 is 19.5 Å². The highest BCUT2D eigenvalue weighted by molar-refractivity contribution is 7.15. The summed E-state index contributed by atoms with van der Waals surface area (Å²) in [5.41, 5.74) is 0.143. The second-order valence-corrected chi connectivity index (χ2v) is 8.33. The molecule has 1 fully saturated rings. The highest BCUT2D eigenvalue weighted by Gasteiger charge is 2.21. The van der Waals surface area contributed by atoms with Gasteiger partial charge in [0, 0.05) is 19.1 Å². The lowest BCUT2D eigenvalue weighted by Crippen LogP contribution is -2.35. The molecule has 0 radical (unpaired) electrons. The van der Waals surface area contributed by atoms with E-state index >= 15 is 0 Å². The molecular weight excluding hydrogens is 416 g/mol. The Morgan fingerprint density at radius 3 is 2.81 bits per heavy atom. The molecule has 1 saturated carbocycles. The number of amides is 1. The average molecular weight is 443 g/mol. The third-order valence-corrected chi connectivity index (χ3v) is 5.20. The first-order valence-corrected chi connectivity index (χ1v) is 10.8. The fourth-order valence-electron chi connectivity index (χ4n) is 2.56. The molecule has 0 bridgehead atoms. The largest absolute Gasteiger partial charge is 0.493 e. The zero-order valence-corrected chi connectivity index (χ0v) is 18.3. The first-order chi connectivity index (χ1) is 14.9. The van der Waals surface area contributed by atoms with Crippen LogP contribution in [-0.2, 0) is 4.79 Å². The van der Waals surface area contributed by atoms with Crippen LogP contribution in [0, 0.1) is 16.7 Å². The van der Waals surface area contributed by atoms with Gasteiger partial charge in [-0.05, 0) is 43.9 Å². The molecule has 31 heavy (non-hydrogen) atoms. The van der Waals surface area contributed by atoms with E-state index in [-0.39, 0.29) is 23.6 Å². The molecule has 0 saturated heterocycles. The quantitative estimate of drug-likeness (QED) is 0.361. The number of nitrogens with zero attached hydrogens (tertiary/aromatic N) is 1.